The van der Waals surface area contributed by atoms with Crippen LogP contribution in [0.1, 0.15) is 13.3 Å². The van der Waals surface area contributed by atoms with Crippen molar-refractivity contribution in [1.82, 2.24) is 9.55 Å². The van der Waals surface area contributed by atoms with Crippen molar-refractivity contribution in [3.05, 3.63) is 48.8 Å². The van der Waals surface area contributed by atoms with E-state index in [2.05, 4.69) is 15.6 Å². The lowest BCUT2D eigenvalue weighted by Gasteiger charge is -2.12. The Balaban J connectivity index is 1.68. The van der Waals surface area contributed by atoms with Crippen molar-refractivity contribution >= 4 is 34.2 Å². The Labute approximate surface area is 151 Å². The van der Waals surface area contributed by atoms with Gasteiger partial charge in [-0.1, -0.05) is 12.1 Å². The highest BCUT2D eigenvalue weighted by molar-refractivity contribution is 5.95. The highest BCUT2D eigenvalue weighted by Gasteiger charge is 2.10. The summed E-state index contributed by atoms with van der Waals surface area (Å²) in [5, 5.41) is 5.52. The van der Waals surface area contributed by atoms with Crippen LogP contribution in [-0.2, 0) is 16.1 Å². The summed E-state index contributed by atoms with van der Waals surface area (Å²) in [6.45, 7) is 1.94. The fourth-order valence-corrected chi connectivity index (χ4v) is 2.71. The largest absolute Gasteiger partial charge is 0.495 e. The lowest BCUT2D eigenvalue weighted by molar-refractivity contribution is -0.116. The standard InChI is InChI=1S/C19H20N4O3/c1-13(24)21-14-7-8-18(26-2)16(11-14)22-19(25)9-10-23-12-20-15-5-3-4-6-17(15)23/h3-8,11-12H,9-10H2,1-2H3,(H,21,24)(H,22,25). The molecule has 3 rings (SSSR count). The van der Waals surface area contributed by atoms with Crippen LogP contribution >= 0.6 is 0 Å². The third kappa shape index (κ3) is 4.00. The van der Waals surface area contributed by atoms with Crippen molar-refractivity contribution in [2.75, 3.05) is 17.7 Å². The van der Waals surface area contributed by atoms with Crippen LogP contribution in [0.5, 0.6) is 5.75 Å². The van der Waals surface area contributed by atoms with E-state index in [9.17, 15) is 9.59 Å². The summed E-state index contributed by atoms with van der Waals surface area (Å²) < 4.78 is 7.22. The van der Waals surface area contributed by atoms with Gasteiger partial charge in [0.1, 0.15) is 5.75 Å². The molecule has 0 saturated carbocycles. The molecule has 0 aliphatic rings. The minimum absolute atomic E-state index is 0.152. The number of carbonyl (C=O) groups excluding carboxylic acids is 2. The summed E-state index contributed by atoms with van der Waals surface area (Å²) in [5.41, 5.74) is 3.00. The number of ether oxygens (including phenoxy) is 1. The zero-order valence-electron chi connectivity index (χ0n) is 14.7. The first kappa shape index (κ1) is 17.5. The molecule has 7 heteroatoms. The van der Waals surface area contributed by atoms with E-state index in [1.807, 2.05) is 28.8 Å². The van der Waals surface area contributed by atoms with Gasteiger partial charge in [-0.05, 0) is 30.3 Å². The molecule has 2 N–H and O–H groups in total. The van der Waals surface area contributed by atoms with E-state index < -0.39 is 0 Å². The second-order valence-electron chi connectivity index (χ2n) is 5.82. The number of nitrogens with one attached hydrogen (secondary N) is 2. The van der Waals surface area contributed by atoms with Gasteiger partial charge in [0.05, 0.1) is 30.2 Å². The van der Waals surface area contributed by atoms with E-state index in [0.717, 1.165) is 11.0 Å². The molecular formula is C19H20N4O3. The van der Waals surface area contributed by atoms with Crippen molar-refractivity contribution in [3.63, 3.8) is 0 Å². The summed E-state index contributed by atoms with van der Waals surface area (Å²) in [6, 6.07) is 12.9. The summed E-state index contributed by atoms with van der Waals surface area (Å²) in [7, 11) is 1.53. The molecular weight excluding hydrogens is 332 g/mol. The average molecular weight is 352 g/mol. The Morgan fingerprint density at radius 2 is 1.96 bits per heavy atom. The van der Waals surface area contributed by atoms with Crippen LogP contribution in [0.3, 0.4) is 0 Å². The quantitative estimate of drug-likeness (QED) is 0.714. The molecule has 2 amide bonds. The van der Waals surface area contributed by atoms with Gasteiger partial charge in [0.15, 0.2) is 0 Å². The van der Waals surface area contributed by atoms with Crippen molar-refractivity contribution < 1.29 is 14.3 Å². The number of amides is 2. The number of nitrogens with zero attached hydrogens (tertiary/aromatic N) is 2. The van der Waals surface area contributed by atoms with Gasteiger partial charge < -0.3 is 19.9 Å². The Morgan fingerprint density at radius 1 is 1.15 bits per heavy atom. The van der Waals surface area contributed by atoms with Crippen LogP contribution in [0, 0.1) is 0 Å². The number of hydrogen-bond donors (Lipinski definition) is 2. The minimum atomic E-state index is -0.181. The molecule has 0 saturated heterocycles. The van der Waals surface area contributed by atoms with Gasteiger partial charge in [0, 0.05) is 25.6 Å². The maximum absolute atomic E-state index is 12.4. The van der Waals surface area contributed by atoms with Gasteiger partial charge in [-0.3, -0.25) is 9.59 Å². The number of aryl methyl sites for hydroxylation is 1. The molecule has 0 atom stereocenters. The monoisotopic (exact) mass is 352 g/mol. The Hall–Kier alpha value is -3.35. The number of benzene rings is 2. The first-order chi connectivity index (χ1) is 12.6. The van der Waals surface area contributed by atoms with E-state index in [1.54, 1.807) is 24.5 Å². The molecule has 134 valence electrons. The van der Waals surface area contributed by atoms with Crippen LogP contribution in [0.15, 0.2) is 48.8 Å². The molecule has 26 heavy (non-hydrogen) atoms. The predicted molar refractivity (Wildman–Crippen MR) is 100 cm³/mol. The molecule has 1 aromatic heterocycles. The smallest absolute Gasteiger partial charge is 0.226 e. The molecule has 2 aromatic carbocycles. The third-order valence-electron chi connectivity index (χ3n) is 3.90. The Kier molecular flexibility index (Phi) is 5.17. The van der Waals surface area contributed by atoms with Crippen molar-refractivity contribution in [2.45, 2.75) is 19.9 Å². The maximum atomic E-state index is 12.4. The molecule has 0 fully saturated rings. The zero-order chi connectivity index (χ0) is 18.5. The number of imidazole rings is 1. The lowest BCUT2D eigenvalue weighted by Crippen LogP contribution is -2.15. The summed E-state index contributed by atoms with van der Waals surface area (Å²) in [5.74, 6) is 0.195. The maximum Gasteiger partial charge on any atom is 0.226 e. The van der Waals surface area contributed by atoms with Crippen molar-refractivity contribution in [1.29, 1.82) is 0 Å². The van der Waals surface area contributed by atoms with E-state index in [0.29, 0.717) is 23.7 Å². The van der Waals surface area contributed by atoms with Crippen LogP contribution in [-0.4, -0.2) is 28.5 Å². The van der Waals surface area contributed by atoms with Crippen LogP contribution < -0.4 is 15.4 Å². The lowest BCUT2D eigenvalue weighted by atomic mass is 10.2. The molecule has 7 nitrogen and oxygen atoms in total. The number of aromatic nitrogens is 2. The summed E-state index contributed by atoms with van der Waals surface area (Å²) >= 11 is 0. The fourth-order valence-electron chi connectivity index (χ4n) is 2.71. The average Bonchev–Trinajstić information content (AvgIpc) is 3.03. The van der Waals surface area contributed by atoms with Gasteiger partial charge in [0.25, 0.3) is 0 Å². The van der Waals surface area contributed by atoms with Gasteiger partial charge >= 0.3 is 0 Å². The molecule has 1 heterocycles. The first-order valence-corrected chi connectivity index (χ1v) is 8.22. The van der Waals surface area contributed by atoms with Crippen molar-refractivity contribution in [2.24, 2.45) is 0 Å². The molecule has 0 bridgehead atoms. The number of anilines is 2. The predicted octanol–water partition coefficient (Wildman–Crippen LogP) is 3.03. The molecule has 0 aliphatic heterocycles. The topological polar surface area (TPSA) is 85.3 Å². The number of para-hydroxylation sites is 2. The number of fused-ring (bicyclic) bond motifs is 1. The Bertz CT molecular complexity index is 949. The zero-order valence-corrected chi connectivity index (χ0v) is 14.7. The van der Waals surface area contributed by atoms with Gasteiger partial charge in [-0.15, -0.1) is 0 Å². The van der Waals surface area contributed by atoms with E-state index in [1.165, 1.54) is 14.0 Å². The summed E-state index contributed by atoms with van der Waals surface area (Å²) in [4.78, 5) is 27.9. The third-order valence-corrected chi connectivity index (χ3v) is 3.90. The highest BCUT2D eigenvalue weighted by Crippen LogP contribution is 2.28. The van der Waals surface area contributed by atoms with Crippen LogP contribution in [0.2, 0.25) is 0 Å². The number of methoxy groups -OCH3 is 1. The fraction of sp³-hybridized carbons (Fsp3) is 0.211. The number of hydrogen-bond acceptors (Lipinski definition) is 4. The second-order valence-corrected chi connectivity index (χ2v) is 5.82. The number of rotatable bonds is 6. The van der Waals surface area contributed by atoms with Gasteiger partial charge in [-0.2, -0.15) is 0 Å². The first-order valence-electron chi connectivity index (χ1n) is 8.22. The summed E-state index contributed by atoms with van der Waals surface area (Å²) in [6.07, 6.45) is 2.02. The second kappa shape index (κ2) is 7.69. The number of carbonyl (C=O) groups is 2. The molecule has 0 aliphatic carbocycles. The van der Waals surface area contributed by atoms with Crippen molar-refractivity contribution in [3.8, 4) is 5.75 Å². The highest BCUT2D eigenvalue weighted by atomic mass is 16.5. The van der Waals surface area contributed by atoms with E-state index in [4.69, 9.17) is 4.74 Å². The van der Waals surface area contributed by atoms with Crippen LogP contribution in [0.4, 0.5) is 11.4 Å². The normalized spacial score (nSPS) is 10.5. The molecule has 3 aromatic rings. The van der Waals surface area contributed by atoms with Gasteiger partial charge in [0.2, 0.25) is 11.8 Å². The minimum Gasteiger partial charge on any atom is -0.495 e. The Morgan fingerprint density at radius 3 is 2.73 bits per heavy atom. The SMILES string of the molecule is COc1ccc(NC(C)=O)cc1NC(=O)CCn1cnc2ccccc21. The van der Waals surface area contributed by atoms with E-state index >= 15 is 0 Å². The molecule has 0 radical (unpaired) electrons. The van der Waals surface area contributed by atoms with E-state index in [-0.39, 0.29) is 18.2 Å². The molecule has 0 unspecified atom stereocenters. The van der Waals surface area contributed by atoms with Gasteiger partial charge in [-0.25, -0.2) is 4.98 Å². The molecule has 0 spiro atoms. The van der Waals surface area contributed by atoms with Crippen LogP contribution in [0.25, 0.3) is 11.0 Å².